The lowest BCUT2D eigenvalue weighted by Crippen LogP contribution is -2.74. The first-order valence-corrected chi connectivity index (χ1v) is 11.5. The predicted octanol–water partition coefficient (Wildman–Crippen LogP) is 8.61. The van der Waals surface area contributed by atoms with Gasteiger partial charge in [-0.3, -0.25) is 10.1 Å². The lowest BCUT2D eigenvalue weighted by atomic mass is 9.89. The predicted molar refractivity (Wildman–Crippen MR) is 114 cm³/mol. The van der Waals surface area contributed by atoms with Crippen LogP contribution in [0.25, 0.3) is 22.0 Å². The Morgan fingerprint density at radius 3 is 1.76 bits per heavy atom. The molecule has 1 N–H and O–H groups in total. The Kier molecular flexibility index (Phi) is 8.02. The third-order valence-electron chi connectivity index (χ3n) is 5.74. The van der Waals surface area contributed by atoms with Crippen LogP contribution in [0.3, 0.4) is 0 Å². The second-order valence-electron chi connectivity index (χ2n) is 8.39. The van der Waals surface area contributed by atoms with Gasteiger partial charge in [0, 0.05) is 10.9 Å². The number of nitrogens with one attached hydrogen (secondary N) is 1. The molecule has 3 aromatic rings. The SMILES string of the molecule is O=C(Nc1nc(-c2cccc3ccccc23)cs1)C(F)(F)C(F)(F)C(F)(F)C(F)(F)C(F)(F)C(F)(F)C(F)(F)C(F)F. The van der Waals surface area contributed by atoms with Gasteiger partial charge < -0.3 is 0 Å². The molecule has 0 atom stereocenters. The van der Waals surface area contributed by atoms with Gasteiger partial charge in [0.15, 0.2) is 5.13 Å². The van der Waals surface area contributed by atoms with E-state index >= 15 is 0 Å². The number of carbonyl (C=O) groups is 1. The summed E-state index contributed by atoms with van der Waals surface area (Å²) in [5.41, 5.74) is 0.137. The summed E-state index contributed by atoms with van der Waals surface area (Å²) in [7, 11) is 0. The summed E-state index contributed by atoms with van der Waals surface area (Å²) in [5, 5.41) is 1.93. The van der Waals surface area contributed by atoms with Gasteiger partial charge in [-0.1, -0.05) is 42.5 Å². The fourth-order valence-corrected chi connectivity index (χ4v) is 4.06. The summed E-state index contributed by atoms with van der Waals surface area (Å²) in [6, 6.07) is 10.9. The van der Waals surface area contributed by atoms with Gasteiger partial charge >= 0.3 is 53.8 Å². The van der Waals surface area contributed by atoms with Crippen molar-refractivity contribution in [2.75, 3.05) is 5.32 Å². The van der Waals surface area contributed by atoms with E-state index in [1.165, 1.54) is 12.1 Å². The molecule has 2 aromatic carbocycles. The molecule has 0 bridgehead atoms. The number of hydrogen-bond donors (Lipinski definition) is 1. The van der Waals surface area contributed by atoms with E-state index in [1.54, 1.807) is 30.3 Å². The van der Waals surface area contributed by atoms with Gasteiger partial charge in [0.1, 0.15) is 0 Å². The molecule has 0 aliphatic rings. The number of thiazole rings is 1. The Morgan fingerprint density at radius 2 is 1.19 bits per heavy atom. The van der Waals surface area contributed by atoms with Crippen LogP contribution in [0, 0.1) is 0 Å². The summed E-state index contributed by atoms with van der Waals surface area (Å²) in [6.07, 6.45) is -5.94. The molecule has 0 aliphatic heterocycles. The first kappa shape index (κ1) is 33.2. The molecule has 1 amide bonds. The van der Waals surface area contributed by atoms with Gasteiger partial charge in [0.2, 0.25) is 0 Å². The Labute approximate surface area is 226 Å². The highest BCUT2D eigenvalue weighted by molar-refractivity contribution is 7.14. The number of aromatic nitrogens is 1. The Balaban J connectivity index is 1.95. The van der Waals surface area contributed by atoms with E-state index in [0.717, 1.165) is 10.7 Å². The third kappa shape index (κ3) is 4.61. The Bertz CT molecular complexity index is 1460. The molecule has 232 valence electrons. The average Bonchev–Trinajstić information content (AvgIpc) is 3.35. The van der Waals surface area contributed by atoms with Gasteiger partial charge in [0.25, 0.3) is 0 Å². The summed E-state index contributed by atoms with van der Waals surface area (Å²) >= 11 is 0.204. The highest BCUT2D eigenvalue weighted by Crippen LogP contribution is 2.62. The topological polar surface area (TPSA) is 42.0 Å². The highest BCUT2D eigenvalue weighted by atomic mass is 32.1. The quantitative estimate of drug-likeness (QED) is 0.223. The van der Waals surface area contributed by atoms with E-state index in [0.29, 0.717) is 10.8 Å². The van der Waals surface area contributed by atoms with E-state index in [-0.39, 0.29) is 22.6 Å². The summed E-state index contributed by atoms with van der Waals surface area (Å²) in [6.45, 7) is 0. The number of amides is 1. The van der Waals surface area contributed by atoms with Crippen LogP contribution < -0.4 is 5.32 Å². The van der Waals surface area contributed by atoms with E-state index in [9.17, 15) is 75.0 Å². The third-order valence-corrected chi connectivity index (χ3v) is 6.50. The van der Waals surface area contributed by atoms with Crippen LogP contribution in [0.2, 0.25) is 0 Å². The second-order valence-corrected chi connectivity index (χ2v) is 9.25. The molecule has 42 heavy (non-hydrogen) atoms. The lowest BCUT2D eigenvalue weighted by molar-refractivity contribution is -0.443. The van der Waals surface area contributed by atoms with E-state index < -0.39 is 58.9 Å². The van der Waals surface area contributed by atoms with Crippen molar-refractivity contribution in [2.24, 2.45) is 0 Å². The average molecular weight is 654 g/mol. The maximum Gasteiger partial charge on any atom is 0.393 e. The first-order valence-electron chi connectivity index (χ1n) is 10.6. The van der Waals surface area contributed by atoms with Crippen LogP contribution in [-0.4, -0.2) is 58.8 Å². The number of carbonyl (C=O) groups excluding carboxylic acids is 1. The molecule has 3 nitrogen and oxygen atoms in total. The molecule has 0 unspecified atom stereocenters. The molecule has 0 spiro atoms. The summed E-state index contributed by atoms with van der Waals surface area (Å²) in [4.78, 5) is 15.4. The van der Waals surface area contributed by atoms with Gasteiger partial charge in [-0.15, -0.1) is 11.3 Å². The second kappa shape index (κ2) is 10.1. The Hall–Kier alpha value is -3.32. The number of halogens is 16. The van der Waals surface area contributed by atoms with Crippen molar-refractivity contribution in [2.45, 2.75) is 47.9 Å². The molecule has 0 fully saturated rings. The molecule has 3 rings (SSSR count). The zero-order chi connectivity index (χ0) is 32.3. The van der Waals surface area contributed by atoms with Crippen molar-refractivity contribution in [3.63, 3.8) is 0 Å². The van der Waals surface area contributed by atoms with Crippen molar-refractivity contribution in [3.05, 3.63) is 47.8 Å². The van der Waals surface area contributed by atoms with Crippen LogP contribution >= 0.6 is 11.3 Å². The van der Waals surface area contributed by atoms with Crippen molar-refractivity contribution in [1.29, 1.82) is 0 Å². The molecule has 20 heteroatoms. The minimum absolute atomic E-state index is 0.124. The van der Waals surface area contributed by atoms with Gasteiger partial charge in [0.05, 0.1) is 5.69 Å². The minimum atomic E-state index is -8.59. The molecular formula is C22H10F16N2OS. The normalized spacial score (nSPS) is 14.5. The molecule has 0 saturated carbocycles. The molecule has 0 radical (unpaired) electrons. The van der Waals surface area contributed by atoms with Crippen molar-refractivity contribution < 1.29 is 75.0 Å². The molecular weight excluding hydrogens is 644 g/mol. The lowest BCUT2D eigenvalue weighted by Gasteiger charge is -2.42. The summed E-state index contributed by atoms with van der Waals surface area (Å²) in [5.74, 6) is -60.0. The summed E-state index contributed by atoms with van der Waals surface area (Å²) < 4.78 is 216. The fraction of sp³-hybridized carbons (Fsp3) is 0.364. The van der Waals surface area contributed by atoms with E-state index in [2.05, 4.69) is 4.98 Å². The molecule has 1 aromatic heterocycles. The van der Waals surface area contributed by atoms with Crippen molar-refractivity contribution >= 4 is 33.1 Å². The maximum absolute atomic E-state index is 14.2. The zero-order valence-corrected chi connectivity index (χ0v) is 20.3. The van der Waals surface area contributed by atoms with Gasteiger partial charge in [-0.25, -0.2) is 13.8 Å². The molecule has 0 aliphatic carbocycles. The van der Waals surface area contributed by atoms with E-state index in [4.69, 9.17) is 0 Å². The number of anilines is 1. The molecule has 1 heterocycles. The first-order chi connectivity index (χ1) is 18.9. The number of rotatable bonds is 10. The van der Waals surface area contributed by atoms with Crippen molar-refractivity contribution in [3.8, 4) is 11.3 Å². The number of benzene rings is 2. The van der Waals surface area contributed by atoms with Crippen LogP contribution in [0.4, 0.5) is 75.4 Å². The number of nitrogens with zero attached hydrogens (tertiary/aromatic N) is 1. The fourth-order valence-electron chi connectivity index (χ4n) is 3.36. The standard InChI is InChI=1S/C22H10F16N2OS/c23-13(24)16(25,26)18(29,30)20(33,34)22(37,38)21(35,36)19(31,32)17(27,28)14(41)40-15-39-12(8-42-15)11-7-3-5-9-4-1-2-6-10(9)11/h1-8,13H,(H,39,40,41). The number of alkyl halides is 16. The highest BCUT2D eigenvalue weighted by Gasteiger charge is 2.94. The maximum atomic E-state index is 14.2. The van der Waals surface area contributed by atoms with E-state index in [1.807, 2.05) is 0 Å². The largest absolute Gasteiger partial charge is 0.393 e. The smallest absolute Gasteiger partial charge is 0.296 e. The van der Waals surface area contributed by atoms with Gasteiger partial charge in [-0.2, -0.15) is 61.5 Å². The van der Waals surface area contributed by atoms with Crippen LogP contribution in [0.1, 0.15) is 0 Å². The van der Waals surface area contributed by atoms with Crippen LogP contribution in [-0.2, 0) is 4.79 Å². The van der Waals surface area contributed by atoms with Crippen LogP contribution in [0.5, 0.6) is 0 Å². The molecule has 0 saturated heterocycles. The van der Waals surface area contributed by atoms with Crippen molar-refractivity contribution in [1.82, 2.24) is 4.98 Å². The Morgan fingerprint density at radius 1 is 0.690 bits per heavy atom. The number of hydrogen-bond acceptors (Lipinski definition) is 3. The number of fused-ring (bicyclic) bond motifs is 1. The zero-order valence-electron chi connectivity index (χ0n) is 19.5. The van der Waals surface area contributed by atoms with Crippen LogP contribution in [0.15, 0.2) is 47.8 Å². The minimum Gasteiger partial charge on any atom is -0.296 e. The van der Waals surface area contributed by atoms with Gasteiger partial charge in [-0.05, 0) is 10.8 Å². The monoisotopic (exact) mass is 654 g/mol.